The van der Waals surface area contributed by atoms with Crippen molar-refractivity contribution in [2.45, 2.75) is 51.5 Å². The van der Waals surface area contributed by atoms with Crippen LogP contribution in [-0.4, -0.2) is 36.1 Å². The standard InChI is InChI=1S/C17H27N3/c1-2-19-12-7-4-10-16(19)15-9-8-11-18-17(15)20-13-5-3-6-14-20/h8-9,11,16H,2-7,10,12-14H2,1H3. The molecule has 0 N–H and O–H groups in total. The maximum Gasteiger partial charge on any atom is 0.133 e. The molecule has 0 aromatic carbocycles. The minimum atomic E-state index is 0.583. The lowest BCUT2D eigenvalue weighted by atomic mass is 9.95. The molecule has 20 heavy (non-hydrogen) atoms. The Morgan fingerprint density at radius 1 is 1.10 bits per heavy atom. The van der Waals surface area contributed by atoms with Gasteiger partial charge in [-0.2, -0.15) is 0 Å². The highest BCUT2D eigenvalue weighted by Gasteiger charge is 2.27. The van der Waals surface area contributed by atoms with Crippen molar-refractivity contribution in [3.63, 3.8) is 0 Å². The number of pyridine rings is 1. The van der Waals surface area contributed by atoms with Crippen LogP contribution < -0.4 is 4.90 Å². The van der Waals surface area contributed by atoms with Gasteiger partial charge in [-0.3, -0.25) is 4.90 Å². The van der Waals surface area contributed by atoms with E-state index in [1.807, 2.05) is 6.20 Å². The highest BCUT2D eigenvalue weighted by Crippen LogP contribution is 2.35. The summed E-state index contributed by atoms with van der Waals surface area (Å²) in [7, 11) is 0. The molecule has 0 spiro atoms. The summed E-state index contributed by atoms with van der Waals surface area (Å²) < 4.78 is 0. The molecule has 1 atom stereocenters. The Hall–Kier alpha value is -1.09. The van der Waals surface area contributed by atoms with Gasteiger partial charge in [0, 0.05) is 30.9 Å². The molecule has 1 unspecified atom stereocenters. The zero-order valence-corrected chi connectivity index (χ0v) is 12.7. The Morgan fingerprint density at radius 3 is 2.70 bits per heavy atom. The average molecular weight is 273 g/mol. The van der Waals surface area contributed by atoms with Crippen LogP contribution in [0.15, 0.2) is 18.3 Å². The molecule has 0 saturated carbocycles. The second-order valence-corrected chi connectivity index (χ2v) is 6.10. The fourth-order valence-electron chi connectivity index (χ4n) is 3.76. The molecule has 3 heteroatoms. The van der Waals surface area contributed by atoms with E-state index in [-0.39, 0.29) is 0 Å². The van der Waals surface area contributed by atoms with E-state index in [1.165, 1.54) is 69.5 Å². The molecule has 2 aliphatic heterocycles. The molecule has 2 fully saturated rings. The maximum absolute atomic E-state index is 4.75. The number of piperidine rings is 2. The molecule has 1 aromatic rings. The number of hydrogen-bond acceptors (Lipinski definition) is 3. The third-order valence-electron chi connectivity index (χ3n) is 4.85. The third kappa shape index (κ3) is 2.83. The first-order valence-electron chi connectivity index (χ1n) is 8.34. The first-order valence-corrected chi connectivity index (χ1v) is 8.34. The molecule has 3 rings (SSSR count). The van der Waals surface area contributed by atoms with Crippen molar-refractivity contribution in [2.75, 3.05) is 31.1 Å². The van der Waals surface area contributed by atoms with E-state index in [4.69, 9.17) is 4.98 Å². The number of rotatable bonds is 3. The zero-order chi connectivity index (χ0) is 13.8. The molecule has 0 radical (unpaired) electrons. The molecule has 3 heterocycles. The lowest BCUT2D eigenvalue weighted by Crippen LogP contribution is -2.36. The number of aromatic nitrogens is 1. The lowest BCUT2D eigenvalue weighted by molar-refractivity contribution is 0.157. The molecular formula is C17H27N3. The van der Waals surface area contributed by atoms with Crippen molar-refractivity contribution >= 4 is 5.82 Å². The number of likely N-dealkylation sites (tertiary alicyclic amines) is 1. The summed E-state index contributed by atoms with van der Waals surface area (Å²) in [6.07, 6.45) is 9.98. The fourth-order valence-corrected chi connectivity index (χ4v) is 3.76. The minimum Gasteiger partial charge on any atom is -0.356 e. The van der Waals surface area contributed by atoms with Gasteiger partial charge in [0.2, 0.25) is 0 Å². The SMILES string of the molecule is CCN1CCCCC1c1cccnc1N1CCCCC1. The fraction of sp³-hybridized carbons (Fsp3) is 0.706. The summed E-state index contributed by atoms with van der Waals surface area (Å²) in [5.74, 6) is 1.26. The molecule has 0 bridgehead atoms. The Balaban J connectivity index is 1.87. The van der Waals surface area contributed by atoms with E-state index in [1.54, 1.807) is 0 Å². The summed E-state index contributed by atoms with van der Waals surface area (Å²) in [6, 6.07) is 5.01. The zero-order valence-electron chi connectivity index (χ0n) is 12.7. The second kappa shape index (κ2) is 6.57. The van der Waals surface area contributed by atoms with Gasteiger partial charge in [-0.25, -0.2) is 4.98 Å². The van der Waals surface area contributed by atoms with Gasteiger partial charge >= 0.3 is 0 Å². The van der Waals surface area contributed by atoms with Gasteiger partial charge in [0.05, 0.1) is 0 Å². The van der Waals surface area contributed by atoms with Crippen molar-refractivity contribution in [2.24, 2.45) is 0 Å². The van der Waals surface area contributed by atoms with Crippen LogP contribution in [0.5, 0.6) is 0 Å². The largest absolute Gasteiger partial charge is 0.356 e. The first kappa shape index (κ1) is 13.9. The molecule has 1 aromatic heterocycles. The van der Waals surface area contributed by atoms with Gasteiger partial charge in [0.15, 0.2) is 0 Å². The quantitative estimate of drug-likeness (QED) is 0.838. The Bertz CT molecular complexity index is 426. The van der Waals surface area contributed by atoms with Crippen molar-refractivity contribution in [3.8, 4) is 0 Å². The maximum atomic E-state index is 4.75. The summed E-state index contributed by atoms with van der Waals surface area (Å²) in [4.78, 5) is 9.89. The van der Waals surface area contributed by atoms with Crippen LogP contribution in [0, 0.1) is 0 Å². The molecule has 0 aliphatic carbocycles. The topological polar surface area (TPSA) is 19.4 Å². The van der Waals surface area contributed by atoms with Crippen LogP contribution in [0.2, 0.25) is 0 Å². The van der Waals surface area contributed by atoms with E-state index < -0.39 is 0 Å². The van der Waals surface area contributed by atoms with Crippen molar-refractivity contribution in [1.29, 1.82) is 0 Å². The number of anilines is 1. The third-order valence-corrected chi connectivity index (χ3v) is 4.85. The highest BCUT2D eigenvalue weighted by molar-refractivity contribution is 5.49. The van der Waals surface area contributed by atoms with Crippen LogP contribution in [0.25, 0.3) is 0 Å². The molecule has 110 valence electrons. The van der Waals surface area contributed by atoms with E-state index >= 15 is 0 Å². The predicted molar refractivity (Wildman–Crippen MR) is 84.1 cm³/mol. The van der Waals surface area contributed by atoms with Gasteiger partial charge in [-0.15, -0.1) is 0 Å². The van der Waals surface area contributed by atoms with Crippen LogP contribution in [0.3, 0.4) is 0 Å². The Kier molecular flexibility index (Phi) is 4.56. The first-order chi connectivity index (χ1) is 9.90. The summed E-state index contributed by atoms with van der Waals surface area (Å²) in [5, 5.41) is 0. The van der Waals surface area contributed by atoms with Crippen LogP contribution >= 0.6 is 0 Å². The monoisotopic (exact) mass is 273 g/mol. The molecule has 2 aliphatic rings. The lowest BCUT2D eigenvalue weighted by Gasteiger charge is -2.38. The van der Waals surface area contributed by atoms with Gasteiger partial charge in [0.1, 0.15) is 5.82 Å². The predicted octanol–water partition coefficient (Wildman–Crippen LogP) is 3.62. The molecule has 3 nitrogen and oxygen atoms in total. The number of nitrogens with zero attached hydrogens (tertiary/aromatic N) is 3. The second-order valence-electron chi connectivity index (χ2n) is 6.10. The van der Waals surface area contributed by atoms with Crippen LogP contribution in [-0.2, 0) is 0 Å². The summed E-state index contributed by atoms with van der Waals surface area (Å²) in [6.45, 7) is 7.05. The van der Waals surface area contributed by atoms with Gasteiger partial charge in [-0.1, -0.05) is 19.4 Å². The van der Waals surface area contributed by atoms with Crippen LogP contribution in [0.4, 0.5) is 5.82 Å². The van der Waals surface area contributed by atoms with Crippen LogP contribution in [0.1, 0.15) is 57.1 Å². The van der Waals surface area contributed by atoms with E-state index in [9.17, 15) is 0 Å². The summed E-state index contributed by atoms with van der Waals surface area (Å²) in [5.41, 5.74) is 1.47. The van der Waals surface area contributed by atoms with Gasteiger partial charge in [-0.05, 0) is 51.3 Å². The molecule has 2 saturated heterocycles. The molecule has 0 amide bonds. The van der Waals surface area contributed by atoms with E-state index in [2.05, 4.69) is 28.9 Å². The molecular weight excluding hydrogens is 246 g/mol. The van der Waals surface area contributed by atoms with E-state index in [0.717, 1.165) is 6.54 Å². The van der Waals surface area contributed by atoms with Crippen molar-refractivity contribution in [3.05, 3.63) is 23.9 Å². The van der Waals surface area contributed by atoms with Gasteiger partial charge in [0.25, 0.3) is 0 Å². The number of hydrogen-bond donors (Lipinski definition) is 0. The van der Waals surface area contributed by atoms with E-state index in [0.29, 0.717) is 6.04 Å². The smallest absolute Gasteiger partial charge is 0.133 e. The average Bonchev–Trinajstić information content (AvgIpc) is 2.55. The Labute approximate surface area is 123 Å². The summed E-state index contributed by atoms with van der Waals surface area (Å²) >= 11 is 0. The Morgan fingerprint density at radius 2 is 1.90 bits per heavy atom. The minimum absolute atomic E-state index is 0.583. The van der Waals surface area contributed by atoms with Gasteiger partial charge < -0.3 is 4.90 Å². The normalized spacial score (nSPS) is 24.9. The van der Waals surface area contributed by atoms with Crippen molar-refractivity contribution < 1.29 is 0 Å². The highest BCUT2D eigenvalue weighted by atomic mass is 15.2. The van der Waals surface area contributed by atoms with Crippen molar-refractivity contribution in [1.82, 2.24) is 9.88 Å².